The van der Waals surface area contributed by atoms with Gasteiger partial charge in [0.2, 0.25) is 0 Å². The molecule has 0 aliphatic carbocycles. The summed E-state index contributed by atoms with van der Waals surface area (Å²) in [6, 6.07) is 0. The van der Waals surface area contributed by atoms with E-state index in [0.717, 1.165) is 83.5 Å². The molecule has 0 aliphatic heterocycles. The number of esters is 1. The summed E-state index contributed by atoms with van der Waals surface area (Å²) < 4.78 is 35.3. The van der Waals surface area contributed by atoms with Crippen LogP contribution in [0.4, 0.5) is 0 Å². The molecule has 0 heterocycles. The summed E-state index contributed by atoms with van der Waals surface area (Å²) >= 11 is 0. The highest BCUT2D eigenvalue weighted by molar-refractivity contribution is 7.47. The Morgan fingerprint density at radius 2 is 0.795 bits per heavy atom. The number of ether oxygens (including phenoxy) is 2. The van der Waals surface area contributed by atoms with E-state index in [1.165, 1.54) is 141 Å². The quantitative estimate of drug-likeness (QED) is 0.0213. The minimum atomic E-state index is -4.30. The summed E-state index contributed by atoms with van der Waals surface area (Å²) in [5.74, 6) is -0.322. The summed E-state index contributed by atoms with van der Waals surface area (Å²) in [5.41, 5.74) is 0. The van der Waals surface area contributed by atoms with Gasteiger partial charge >= 0.3 is 13.8 Å². The topological polar surface area (TPSA) is 91.3 Å². The standard InChI is InChI=1S/C64H114NO7P/c1-6-8-10-12-14-16-18-20-22-24-26-28-30-32-34-36-38-40-42-44-46-48-50-52-54-56-59-69-61-63(62-71-73(67,68)70-60-58-65(3,4)5)72-64(66)57-55-53-51-49-47-45-43-41-39-37-35-33-31-29-27-25-23-21-19-17-15-13-11-9-7-2/h9,11,15,17-18,20-21,23-24,26-27,29-30,32-33,35,63H,6-8,10,12-14,16,19,22,25,28,31,34,36-62H2,1-5H3/p+1/b11-9-,17-15-,20-18-,23-21-,26-24-,29-27-,32-30-,35-33-. The van der Waals surface area contributed by atoms with Crippen molar-refractivity contribution in [3.05, 3.63) is 97.2 Å². The molecule has 422 valence electrons. The lowest BCUT2D eigenvalue weighted by Gasteiger charge is -2.24. The Hall–Kier alpha value is -2.58. The molecule has 0 aromatic carbocycles. The van der Waals surface area contributed by atoms with Gasteiger partial charge in [0, 0.05) is 13.0 Å². The maximum atomic E-state index is 12.8. The monoisotopic (exact) mass is 1040 g/mol. The maximum absolute atomic E-state index is 12.8. The van der Waals surface area contributed by atoms with Crippen LogP contribution in [0.5, 0.6) is 0 Å². The van der Waals surface area contributed by atoms with Crippen molar-refractivity contribution >= 4 is 13.8 Å². The second-order valence-corrected chi connectivity index (χ2v) is 22.4. The highest BCUT2D eigenvalue weighted by Crippen LogP contribution is 2.43. The number of phosphoric ester groups is 1. The molecule has 8 nitrogen and oxygen atoms in total. The van der Waals surface area contributed by atoms with E-state index in [1.54, 1.807) is 0 Å². The zero-order valence-corrected chi connectivity index (χ0v) is 49.0. The van der Waals surface area contributed by atoms with E-state index in [4.69, 9.17) is 18.5 Å². The summed E-state index contributed by atoms with van der Waals surface area (Å²) in [7, 11) is 1.65. The van der Waals surface area contributed by atoms with Gasteiger partial charge < -0.3 is 18.9 Å². The van der Waals surface area contributed by atoms with Crippen molar-refractivity contribution < 1.29 is 37.3 Å². The average molecular weight is 1040 g/mol. The molecule has 0 saturated carbocycles. The number of carbonyl (C=O) groups excluding carboxylic acids is 1. The third-order valence-corrected chi connectivity index (χ3v) is 13.6. The van der Waals surface area contributed by atoms with Crippen LogP contribution in [0, 0.1) is 0 Å². The number of likely N-dealkylation sites (N-methyl/N-ethyl adjacent to an activating group) is 1. The van der Waals surface area contributed by atoms with Gasteiger partial charge in [0.05, 0.1) is 34.4 Å². The Labute approximate surface area is 451 Å². The highest BCUT2D eigenvalue weighted by Gasteiger charge is 2.26. The maximum Gasteiger partial charge on any atom is 0.472 e. The summed E-state index contributed by atoms with van der Waals surface area (Å²) in [4.78, 5) is 23.1. The van der Waals surface area contributed by atoms with Gasteiger partial charge in [-0.05, 0) is 96.3 Å². The van der Waals surface area contributed by atoms with Crippen LogP contribution in [0.2, 0.25) is 0 Å². The normalized spacial score (nSPS) is 14.1. The number of phosphoric acid groups is 1. The molecule has 0 aromatic heterocycles. The number of carbonyl (C=O) groups is 1. The lowest BCUT2D eigenvalue weighted by atomic mass is 10.1. The Kier molecular flexibility index (Phi) is 53.7. The molecule has 0 aliphatic rings. The minimum Gasteiger partial charge on any atom is -0.457 e. The van der Waals surface area contributed by atoms with E-state index < -0.39 is 13.9 Å². The number of unbranched alkanes of at least 4 members (excludes halogenated alkanes) is 25. The summed E-state index contributed by atoms with van der Waals surface area (Å²) in [6.07, 6.45) is 77.6. The molecule has 0 bridgehead atoms. The molecule has 0 fully saturated rings. The van der Waals surface area contributed by atoms with Gasteiger partial charge in [-0.15, -0.1) is 0 Å². The Bertz CT molecular complexity index is 1490. The molecule has 9 heteroatoms. The van der Waals surface area contributed by atoms with E-state index >= 15 is 0 Å². The van der Waals surface area contributed by atoms with E-state index in [2.05, 4.69) is 111 Å². The van der Waals surface area contributed by atoms with Gasteiger partial charge in [0.25, 0.3) is 0 Å². The van der Waals surface area contributed by atoms with Crippen LogP contribution in [0.15, 0.2) is 97.2 Å². The molecule has 0 radical (unpaired) electrons. The van der Waals surface area contributed by atoms with E-state index in [-0.39, 0.29) is 25.8 Å². The molecule has 0 saturated heterocycles. The molecular weight excluding hydrogens is 926 g/mol. The number of allylic oxidation sites excluding steroid dienone is 16. The van der Waals surface area contributed by atoms with Crippen LogP contribution in [0.25, 0.3) is 0 Å². The number of nitrogens with zero attached hydrogens (tertiary/aromatic N) is 1. The fourth-order valence-electron chi connectivity index (χ4n) is 8.06. The van der Waals surface area contributed by atoms with Crippen LogP contribution < -0.4 is 0 Å². The van der Waals surface area contributed by atoms with E-state index in [9.17, 15) is 14.3 Å². The van der Waals surface area contributed by atoms with Crippen molar-refractivity contribution in [2.45, 2.75) is 251 Å². The van der Waals surface area contributed by atoms with Crippen LogP contribution in [0.3, 0.4) is 0 Å². The van der Waals surface area contributed by atoms with Gasteiger partial charge in [-0.1, -0.05) is 239 Å². The van der Waals surface area contributed by atoms with E-state index in [0.29, 0.717) is 24.1 Å². The first kappa shape index (κ1) is 70.4. The van der Waals surface area contributed by atoms with Crippen LogP contribution in [-0.4, -0.2) is 75.6 Å². The number of rotatable bonds is 55. The number of hydrogen-bond donors (Lipinski definition) is 1. The largest absolute Gasteiger partial charge is 0.472 e. The van der Waals surface area contributed by atoms with Crippen molar-refractivity contribution in [1.29, 1.82) is 0 Å². The number of quaternary nitrogens is 1. The first-order valence-corrected chi connectivity index (χ1v) is 31.5. The fraction of sp³-hybridized carbons (Fsp3) is 0.734. The van der Waals surface area contributed by atoms with Crippen LogP contribution in [-0.2, 0) is 27.9 Å². The minimum absolute atomic E-state index is 0.0822. The molecule has 0 amide bonds. The van der Waals surface area contributed by atoms with Crippen molar-refractivity contribution in [1.82, 2.24) is 0 Å². The van der Waals surface area contributed by atoms with Gasteiger partial charge in [-0.2, -0.15) is 0 Å². The predicted octanol–water partition coefficient (Wildman–Crippen LogP) is 19.3. The van der Waals surface area contributed by atoms with Crippen LogP contribution in [0.1, 0.15) is 245 Å². The molecule has 73 heavy (non-hydrogen) atoms. The van der Waals surface area contributed by atoms with E-state index in [1.807, 2.05) is 21.1 Å². The highest BCUT2D eigenvalue weighted by atomic mass is 31.2. The molecular formula is C64H115NO7P+. The average Bonchev–Trinajstić information content (AvgIpc) is 3.35. The smallest absolute Gasteiger partial charge is 0.457 e. The van der Waals surface area contributed by atoms with Gasteiger partial charge in [0.1, 0.15) is 19.3 Å². The predicted molar refractivity (Wildman–Crippen MR) is 316 cm³/mol. The fourth-order valence-corrected chi connectivity index (χ4v) is 8.80. The first-order valence-electron chi connectivity index (χ1n) is 30.0. The Morgan fingerprint density at radius 3 is 1.19 bits per heavy atom. The van der Waals surface area contributed by atoms with Crippen molar-refractivity contribution in [2.75, 3.05) is 54.1 Å². The molecule has 2 unspecified atom stereocenters. The lowest BCUT2D eigenvalue weighted by Crippen LogP contribution is -2.37. The Morgan fingerprint density at radius 1 is 0.438 bits per heavy atom. The zero-order valence-electron chi connectivity index (χ0n) is 48.1. The van der Waals surface area contributed by atoms with Crippen molar-refractivity contribution in [2.24, 2.45) is 0 Å². The lowest BCUT2D eigenvalue weighted by molar-refractivity contribution is -0.870. The molecule has 0 rings (SSSR count). The van der Waals surface area contributed by atoms with Crippen molar-refractivity contribution in [3.8, 4) is 0 Å². The SMILES string of the molecule is CC/C=C\C/C=C\C/C=C\C/C=C\C/C=C\CCCCCCCCCCCC(=O)OC(COCCCCCCCCCCCCC/C=C\C/C=C\C/C=C\CCCCCCC)COP(=O)(O)OCC[N+](C)(C)C. The molecule has 0 spiro atoms. The number of hydrogen-bond acceptors (Lipinski definition) is 6. The molecule has 2 atom stereocenters. The van der Waals surface area contributed by atoms with Gasteiger partial charge in [-0.25, -0.2) is 4.57 Å². The zero-order chi connectivity index (χ0) is 53.3. The second-order valence-electron chi connectivity index (χ2n) is 21.0. The van der Waals surface area contributed by atoms with Crippen LogP contribution >= 0.6 is 7.82 Å². The Balaban J connectivity index is 4.10. The third-order valence-electron chi connectivity index (χ3n) is 12.6. The van der Waals surface area contributed by atoms with Crippen molar-refractivity contribution in [3.63, 3.8) is 0 Å². The third kappa shape index (κ3) is 60.2. The first-order chi connectivity index (χ1) is 35.6. The van der Waals surface area contributed by atoms with Gasteiger partial charge in [0.15, 0.2) is 0 Å². The van der Waals surface area contributed by atoms with Gasteiger partial charge in [-0.3, -0.25) is 13.8 Å². The molecule has 0 aromatic rings. The summed E-state index contributed by atoms with van der Waals surface area (Å²) in [5, 5.41) is 0. The summed E-state index contributed by atoms with van der Waals surface area (Å²) in [6.45, 7) is 5.49. The second kappa shape index (κ2) is 55.6. The molecule has 1 N–H and O–H groups in total.